The van der Waals surface area contributed by atoms with E-state index in [9.17, 15) is 4.79 Å². The number of ether oxygens (including phenoxy) is 2. The zero-order chi connectivity index (χ0) is 23.9. The number of carbonyl (C=O) groups excluding carboxylic acids is 1. The Labute approximate surface area is 203 Å². The van der Waals surface area contributed by atoms with Gasteiger partial charge >= 0.3 is 0 Å². The molecule has 1 heterocycles. The fourth-order valence-electron chi connectivity index (χ4n) is 3.56. The van der Waals surface area contributed by atoms with Crippen LogP contribution in [0.15, 0.2) is 85.2 Å². The molecule has 3 aromatic carbocycles. The van der Waals surface area contributed by atoms with Gasteiger partial charge in [-0.2, -0.15) is 5.10 Å². The van der Waals surface area contributed by atoms with Crippen molar-refractivity contribution in [2.75, 3.05) is 26.1 Å². The Morgan fingerprint density at radius 2 is 1.59 bits per heavy atom. The van der Waals surface area contributed by atoms with Crippen molar-refractivity contribution >= 4 is 23.2 Å². The largest absolute Gasteiger partial charge is 0.497 e. The first-order valence-electron chi connectivity index (χ1n) is 10.7. The number of halogens is 1. The SMILES string of the molecule is COc1ccc(C(NC(=O)CNc2ccc(-n3cccn3)c(Cl)c2)c2ccc(OC)cc2)cc1. The molecule has 1 aromatic heterocycles. The molecular weight excluding hydrogens is 452 g/mol. The Kier molecular flexibility index (Phi) is 7.34. The zero-order valence-electron chi connectivity index (χ0n) is 18.9. The summed E-state index contributed by atoms with van der Waals surface area (Å²) in [5.74, 6) is 1.34. The number of methoxy groups -OCH3 is 2. The molecule has 174 valence electrons. The number of carbonyl (C=O) groups is 1. The van der Waals surface area contributed by atoms with Crippen molar-refractivity contribution in [3.63, 3.8) is 0 Å². The van der Waals surface area contributed by atoms with E-state index in [1.165, 1.54) is 0 Å². The van der Waals surface area contributed by atoms with Crippen molar-refractivity contribution < 1.29 is 14.3 Å². The van der Waals surface area contributed by atoms with Crippen LogP contribution in [0.2, 0.25) is 5.02 Å². The summed E-state index contributed by atoms with van der Waals surface area (Å²) in [5, 5.41) is 11.0. The van der Waals surface area contributed by atoms with Gasteiger partial charge in [0, 0.05) is 18.1 Å². The number of hydrogen-bond acceptors (Lipinski definition) is 5. The number of nitrogens with one attached hydrogen (secondary N) is 2. The van der Waals surface area contributed by atoms with Crippen LogP contribution in [-0.2, 0) is 4.79 Å². The highest BCUT2D eigenvalue weighted by molar-refractivity contribution is 6.32. The predicted octanol–water partition coefficient (Wildman–Crippen LogP) is 4.86. The molecule has 7 nitrogen and oxygen atoms in total. The van der Waals surface area contributed by atoms with Crippen molar-refractivity contribution in [1.29, 1.82) is 0 Å². The number of rotatable bonds is 9. The third-order valence-electron chi connectivity index (χ3n) is 5.36. The number of benzene rings is 3. The second-order valence-corrected chi connectivity index (χ2v) is 7.92. The molecule has 0 aliphatic carbocycles. The number of amides is 1. The molecule has 34 heavy (non-hydrogen) atoms. The maximum Gasteiger partial charge on any atom is 0.240 e. The number of nitrogens with zero attached hydrogens (tertiary/aromatic N) is 2. The molecule has 0 spiro atoms. The summed E-state index contributed by atoms with van der Waals surface area (Å²) in [6.45, 7) is 0.0836. The summed E-state index contributed by atoms with van der Waals surface area (Å²) in [7, 11) is 3.24. The van der Waals surface area contributed by atoms with E-state index in [0.29, 0.717) is 5.02 Å². The van der Waals surface area contributed by atoms with Gasteiger partial charge in [0.1, 0.15) is 11.5 Å². The average Bonchev–Trinajstić information content (AvgIpc) is 3.41. The smallest absolute Gasteiger partial charge is 0.240 e. The Morgan fingerprint density at radius 1 is 0.971 bits per heavy atom. The molecule has 0 radical (unpaired) electrons. The van der Waals surface area contributed by atoms with Gasteiger partial charge in [-0.15, -0.1) is 0 Å². The van der Waals surface area contributed by atoms with Crippen LogP contribution in [0, 0.1) is 0 Å². The second-order valence-electron chi connectivity index (χ2n) is 7.52. The molecule has 0 saturated heterocycles. The molecule has 2 N–H and O–H groups in total. The normalized spacial score (nSPS) is 10.7. The van der Waals surface area contributed by atoms with Gasteiger partial charge in [0.05, 0.1) is 37.5 Å². The van der Waals surface area contributed by atoms with Crippen molar-refractivity contribution in [2.45, 2.75) is 6.04 Å². The van der Waals surface area contributed by atoms with E-state index in [-0.39, 0.29) is 18.5 Å². The minimum absolute atomic E-state index is 0.0836. The quantitative estimate of drug-likeness (QED) is 0.360. The van der Waals surface area contributed by atoms with Crippen LogP contribution in [0.5, 0.6) is 11.5 Å². The van der Waals surface area contributed by atoms with E-state index in [1.54, 1.807) is 31.2 Å². The monoisotopic (exact) mass is 476 g/mol. The lowest BCUT2D eigenvalue weighted by Crippen LogP contribution is -2.34. The maximum absolute atomic E-state index is 12.9. The van der Waals surface area contributed by atoms with Crippen LogP contribution in [0.1, 0.15) is 17.2 Å². The van der Waals surface area contributed by atoms with Crippen LogP contribution < -0.4 is 20.1 Å². The van der Waals surface area contributed by atoms with Gasteiger partial charge in [0.25, 0.3) is 0 Å². The Morgan fingerprint density at radius 3 is 2.09 bits per heavy atom. The second kappa shape index (κ2) is 10.8. The molecule has 0 atom stereocenters. The molecule has 4 aromatic rings. The molecule has 4 rings (SSSR count). The van der Waals surface area contributed by atoms with Crippen LogP contribution in [0.3, 0.4) is 0 Å². The number of aromatic nitrogens is 2. The first kappa shape index (κ1) is 23.2. The lowest BCUT2D eigenvalue weighted by molar-refractivity contribution is -0.119. The summed E-state index contributed by atoms with van der Waals surface area (Å²) in [6, 6.07) is 22.2. The molecule has 0 aliphatic rings. The van der Waals surface area contributed by atoms with E-state index >= 15 is 0 Å². The molecule has 0 saturated carbocycles. The summed E-state index contributed by atoms with van der Waals surface area (Å²) in [4.78, 5) is 12.9. The highest BCUT2D eigenvalue weighted by Crippen LogP contribution is 2.26. The third-order valence-corrected chi connectivity index (χ3v) is 5.66. The lowest BCUT2D eigenvalue weighted by Gasteiger charge is -2.21. The summed E-state index contributed by atoms with van der Waals surface area (Å²) >= 11 is 6.41. The van der Waals surface area contributed by atoms with Crippen molar-refractivity contribution in [3.8, 4) is 17.2 Å². The van der Waals surface area contributed by atoms with Crippen LogP contribution in [0.25, 0.3) is 5.69 Å². The first-order chi connectivity index (χ1) is 16.6. The molecule has 1 amide bonds. The van der Waals surface area contributed by atoms with Gasteiger partial charge in [-0.05, 0) is 59.7 Å². The van der Waals surface area contributed by atoms with E-state index in [1.807, 2.05) is 72.9 Å². The molecule has 0 aliphatic heterocycles. The Hall–Kier alpha value is -3.97. The average molecular weight is 477 g/mol. The lowest BCUT2D eigenvalue weighted by atomic mass is 9.98. The van der Waals surface area contributed by atoms with Crippen LogP contribution >= 0.6 is 11.6 Å². The molecule has 0 unspecified atom stereocenters. The van der Waals surface area contributed by atoms with Crippen LogP contribution in [0.4, 0.5) is 5.69 Å². The minimum Gasteiger partial charge on any atom is -0.497 e. The van der Waals surface area contributed by atoms with Gasteiger partial charge in [0.15, 0.2) is 0 Å². The third kappa shape index (κ3) is 5.50. The standard InChI is InChI=1S/C26H25ClN4O3/c1-33-21-9-4-18(5-10-21)26(19-6-11-22(34-2)12-7-19)30-25(32)17-28-20-8-13-24(23(27)16-20)31-15-3-14-29-31/h3-16,26,28H,17H2,1-2H3,(H,30,32). The van der Waals surface area contributed by atoms with Gasteiger partial charge in [-0.3, -0.25) is 4.79 Å². The first-order valence-corrected chi connectivity index (χ1v) is 11.1. The topological polar surface area (TPSA) is 77.4 Å². The van der Waals surface area contributed by atoms with E-state index in [4.69, 9.17) is 21.1 Å². The fourth-order valence-corrected chi connectivity index (χ4v) is 3.83. The van der Waals surface area contributed by atoms with Crippen molar-refractivity contribution in [3.05, 3.63) is 101 Å². The van der Waals surface area contributed by atoms with Crippen LogP contribution in [-0.4, -0.2) is 36.5 Å². The molecule has 0 bridgehead atoms. The van der Waals surface area contributed by atoms with Crippen molar-refractivity contribution in [2.24, 2.45) is 0 Å². The van der Waals surface area contributed by atoms with Gasteiger partial charge in [0.2, 0.25) is 5.91 Å². The highest BCUT2D eigenvalue weighted by Gasteiger charge is 2.17. The van der Waals surface area contributed by atoms with E-state index in [2.05, 4.69) is 15.7 Å². The van der Waals surface area contributed by atoms with Gasteiger partial charge < -0.3 is 20.1 Å². The van der Waals surface area contributed by atoms with E-state index < -0.39 is 0 Å². The minimum atomic E-state index is -0.336. The predicted molar refractivity (Wildman–Crippen MR) is 133 cm³/mol. The fraction of sp³-hybridized carbons (Fsp3) is 0.154. The molecule has 0 fully saturated rings. The van der Waals surface area contributed by atoms with Gasteiger partial charge in [-0.25, -0.2) is 4.68 Å². The molecule has 8 heteroatoms. The maximum atomic E-state index is 12.9. The molecular formula is C26H25ClN4O3. The number of anilines is 1. The summed E-state index contributed by atoms with van der Waals surface area (Å²) < 4.78 is 12.2. The summed E-state index contributed by atoms with van der Waals surface area (Å²) in [6.07, 6.45) is 3.51. The number of hydrogen-bond donors (Lipinski definition) is 2. The van der Waals surface area contributed by atoms with Gasteiger partial charge in [-0.1, -0.05) is 35.9 Å². The van der Waals surface area contributed by atoms with E-state index in [0.717, 1.165) is 34.0 Å². The zero-order valence-corrected chi connectivity index (χ0v) is 19.6. The Balaban J connectivity index is 1.47. The van der Waals surface area contributed by atoms with Crippen molar-refractivity contribution in [1.82, 2.24) is 15.1 Å². The Bertz CT molecular complexity index is 1180. The summed E-state index contributed by atoms with van der Waals surface area (Å²) in [5.41, 5.74) is 3.37. The highest BCUT2D eigenvalue weighted by atomic mass is 35.5.